The third kappa shape index (κ3) is 3.59. The zero-order valence-corrected chi connectivity index (χ0v) is 9.44. The molecule has 0 aliphatic heterocycles. The summed E-state index contributed by atoms with van der Waals surface area (Å²) < 4.78 is 12.7. The Morgan fingerprint density at radius 2 is 1.82 bits per heavy atom. The van der Waals surface area contributed by atoms with Crippen LogP contribution < -0.4 is 0 Å². The Labute approximate surface area is 99.9 Å². The summed E-state index contributed by atoms with van der Waals surface area (Å²) in [5.41, 5.74) is 1.62. The minimum atomic E-state index is -0.289. The van der Waals surface area contributed by atoms with E-state index in [-0.39, 0.29) is 11.4 Å². The molecule has 3 heteroatoms. The number of nitrogens with zero attached hydrogens (tertiary/aromatic N) is 2. The third-order valence-corrected chi connectivity index (χ3v) is 2.27. The molecular formula is C14H11FN2. The highest BCUT2D eigenvalue weighted by Crippen LogP contribution is 2.12. The molecule has 0 bridgehead atoms. The lowest BCUT2D eigenvalue weighted by molar-refractivity contribution is 0.628. The molecule has 0 saturated carbocycles. The first-order chi connectivity index (χ1) is 8.21. The van der Waals surface area contributed by atoms with Crippen LogP contribution >= 0.6 is 0 Å². The first-order valence-corrected chi connectivity index (χ1v) is 5.18. The molecule has 2 nitrogen and oxygen atoms in total. The number of hydrogen-bond donors (Lipinski definition) is 0. The normalized spacial score (nSPS) is 9.65. The monoisotopic (exact) mass is 226 g/mol. The van der Waals surface area contributed by atoms with Gasteiger partial charge in [-0.25, -0.2) is 4.39 Å². The minimum Gasteiger partial charge on any atom is -0.207 e. The van der Waals surface area contributed by atoms with Crippen molar-refractivity contribution in [1.29, 1.82) is 10.5 Å². The van der Waals surface area contributed by atoms with Crippen LogP contribution in [-0.2, 0) is 0 Å². The summed E-state index contributed by atoms with van der Waals surface area (Å²) in [6, 6.07) is 9.71. The topological polar surface area (TPSA) is 47.6 Å². The summed E-state index contributed by atoms with van der Waals surface area (Å²) in [5.74, 6) is -0.289. The molecule has 0 saturated heterocycles. The van der Waals surface area contributed by atoms with Crippen molar-refractivity contribution < 1.29 is 4.39 Å². The minimum absolute atomic E-state index is 0.117. The van der Waals surface area contributed by atoms with Crippen LogP contribution in [0.5, 0.6) is 0 Å². The number of rotatable bonds is 3. The average Bonchev–Trinajstić information content (AvgIpc) is 2.36. The lowest BCUT2D eigenvalue weighted by atomic mass is 10.1. The second-order valence-electron chi connectivity index (χ2n) is 3.36. The molecular weight excluding hydrogens is 215 g/mol. The Balaban J connectivity index is 2.98. The number of halogens is 1. The highest BCUT2D eigenvalue weighted by molar-refractivity contribution is 5.56. The van der Waals surface area contributed by atoms with Gasteiger partial charge in [0.25, 0.3) is 0 Å². The van der Waals surface area contributed by atoms with E-state index < -0.39 is 0 Å². The lowest BCUT2D eigenvalue weighted by Crippen LogP contribution is -1.83. The highest BCUT2D eigenvalue weighted by Gasteiger charge is 1.99. The molecule has 1 aromatic rings. The largest absolute Gasteiger partial charge is 0.207 e. The molecule has 84 valence electrons. The average molecular weight is 226 g/mol. The van der Waals surface area contributed by atoms with Crippen molar-refractivity contribution in [2.75, 3.05) is 0 Å². The Kier molecular flexibility index (Phi) is 4.66. The molecule has 17 heavy (non-hydrogen) atoms. The Bertz CT molecular complexity index is 509. The van der Waals surface area contributed by atoms with Gasteiger partial charge in [-0.1, -0.05) is 31.2 Å². The maximum atomic E-state index is 12.7. The van der Waals surface area contributed by atoms with Crippen LogP contribution in [0.2, 0.25) is 0 Å². The standard InChI is InChI=1S/C14H11FN2/c1-2-12(13(9-16)10-17)6-3-11-4-7-14(15)8-5-11/h3-8H,2H2,1H3/b6-3+. The molecule has 0 radical (unpaired) electrons. The molecule has 0 unspecified atom stereocenters. The van der Waals surface area contributed by atoms with Gasteiger partial charge in [0.1, 0.15) is 23.5 Å². The number of benzene rings is 1. The summed E-state index contributed by atoms with van der Waals surface area (Å²) in [4.78, 5) is 0. The van der Waals surface area contributed by atoms with E-state index in [1.54, 1.807) is 24.3 Å². The first-order valence-electron chi connectivity index (χ1n) is 5.18. The van der Waals surface area contributed by atoms with Gasteiger partial charge in [0, 0.05) is 0 Å². The lowest BCUT2D eigenvalue weighted by Gasteiger charge is -1.97. The van der Waals surface area contributed by atoms with E-state index in [1.165, 1.54) is 12.1 Å². The first kappa shape index (κ1) is 12.7. The van der Waals surface area contributed by atoms with Crippen molar-refractivity contribution in [3.05, 3.63) is 52.9 Å². The molecule has 0 heterocycles. The van der Waals surface area contributed by atoms with Crippen LogP contribution in [0.25, 0.3) is 6.08 Å². The van der Waals surface area contributed by atoms with Crippen molar-refractivity contribution in [1.82, 2.24) is 0 Å². The van der Waals surface area contributed by atoms with Crippen molar-refractivity contribution >= 4 is 6.08 Å². The fourth-order valence-corrected chi connectivity index (χ4v) is 1.32. The van der Waals surface area contributed by atoms with E-state index in [4.69, 9.17) is 10.5 Å². The Morgan fingerprint density at radius 1 is 1.24 bits per heavy atom. The maximum absolute atomic E-state index is 12.7. The van der Waals surface area contributed by atoms with Gasteiger partial charge in [-0.05, 0) is 29.7 Å². The van der Waals surface area contributed by atoms with Crippen LogP contribution in [0.4, 0.5) is 4.39 Å². The molecule has 0 spiro atoms. The van der Waals surface area contributed by atoms with Gasteiger partial charge in [0.05, 0.1) is 0 Å². The van der Waals surface area contributed by atoms with Gasteiger partial charge in [-0.2, -0.15) is 10.5 Å². The second-order valence-corrected chi connectivity index (χ2v) is 3.36. The van der Waals surface area contributed by atoms with Crippen LogP contribution in [0.3, 0.4) is 0 Å². The second kappa shape index (κ2) is 6.25. The molecule has 0 atom stereocenters. The predicted octanol–water partition coefficient (Wildman–Crippen LogP) is 3.59. The molecule has 0 aromatic heterocycles. The van der Waals surface area contributed by atoms with Gasteiger partial charge >= 0.3 is 0 Å². The van der Waals surface area contributed by atoms with Crippen molar-refractivity contribution in [3.63, 3.8) is 0 Å². The van der Waals surface area contributed by atoms with Crippen LogP contribution in [0.1, 0.15) is 18.9 Å². The molecule has 1 rings (SSSR count). The molecule has 0 aliphatic rings. The van der Waals surface area contributed by atoms with Gasteiger partial charge in [0.15, 0.2) is 0 Å². The zero-order chi connectivity index (χ0) is 12.7. The summed E-state index contributed by atoms with van der Waals surface area (Å²) in [6.07, 6.45) is 4.08. The molecule has 0 aliphatic carbocycles. The fourth-order valence-electron chi connectivity index (χ4n) is 1.32. The Morgan fingerprint density at radius 3 is 2.29 bits per heavy atom. The van der Waals surface area contributed by atoms with Gasteiger partial charge in [-0.3, -0.25) is 0 Å². The summed E-state index contributed by atoms with van der Waals surface area (Å²) in [5, 5.41) is 17.5. The highest BCUT2D eigenvalue weighted by atomic mass is 19.1. The van der Waals surface area contributed by atoms with Crippen LogP contribution in [0.15, 0.2) is 41.5 Å². The molecule has 0 fully saturated rings. The number of nitriles is 2. The number of allylic oxidation sites excluding steroid dienone is 3. The van der Waals surface area contributed by atoms with E-state index in [9.17, 15) is 4.39 Å². The van der Waals surface area contributed by atoms with Crippen molar-refractivity contribution in [2.45, 2.75) is 13.3 Å². The predicted molar refractivity (Wildman–Crippen MR) is 64.0 cm³/mol. The third-order valence-electron chi connectivity index (χ3n) is 2.27. The number of hydrogen-bond acceptors (Lipinski definition) is 2. The Hall–Kier alpha value is -2.39. The molecule has 0 amide bonds. The van der Waals surface area contributed by atoms with Crippen molar-refractivity contribution in [2.24, 2.45) is 0 Å². The molecule has 1 aromatic carbocycles. The van der Waals surface area contributed by atoms with E-state index in [0.717, 1.165) is 5.56 Å². The van der Waals surface area contributed by atoms with E-state index in [0.29, 0.717) is 12.0 Å². The van der Waals surface area contributed by atoms with E-state index in [1.807, 2.05) is 19.1 Å². The van der Waals surface area contributed by atoms with Crippen molar-refractivity contribution in [3.8, 4) is 12.1 Å². The van der Waals surface area contributed by atoms with E-state index >= 15 is 0 Å². The SMILES string of the molecule is CCC(/C=C/c1ccc(F)cc1)=C(C#N)C#N. The van der Waals surface area contributed by atoms with Gasteiger partial charge in [-0.15, -0.1) is 0 Å². The zero-order valence-electron chi connectivity index (χ0n) is 9.44. The maximum Gasteiger partial charge on any atom is 0.132 e. The summed E-state index contributed by atoms with van der Waals surface area (Å²) in [7, 11) is 0. The van der Waals surface area contributed by atoms with E-state index in [2.05, 4.69) is 0 Å². The fraction of sp³-hybridized carbons (Fsp3) is 0.143. The van der Waals surface area contributed by atoms with Crippen LogP contribution in [-0.4, -0.2) is 0 Å². The smallest absolute Gasteiger partial charge is 0.132 e. The van der Waals surface area contributed by atoms with Gasteiger partial charge in [0.2, 0.25) is 0 Å². The van der Waals surface area contributed by atoms with Crippen LogP contribution in [0, 0.1) is 28.5 Å². The quantitative estimate of drug-likeness (QED) is 0.584. The summed E-state index contributed by atoms with van der Waals surface area (Å²) >= 11 is 0. The summed E-state index contributed by atoms with van der Waals surface area (Å²) in [6.45, 7) is 1.87. The van der Waals surface area contributed by atoms with Gasteiger partial charge < -0.3 is 0 Å². The molecule has 0 N–H and O–H groups in total.